The Morgan fingerprint density at radius 1 is 1.40 bits per heavy atom. The van der Waals surface area contributed by atoms with Gasteiger partial charge in [0.05, 0.1) is 6.33 Å². The second kappa shape index (κ2) is 5.75. The van der Waals surface area contributed by atoms with Gasteiger partial charge in [-0.2, -0.15) is 0 Å². The van der Waals surface area contributed by atoms with E-state index in [-0.39, 0.29) is 17.9 Å². The molecule has 2 N–H and O–H groups in total. The number of rotatable bonds is 4. The van der Waals surface area contributed by atoms with E-state index in [9.17, 15) is 9.59 Å². The second-order valence-corrected chi connectivity index (χ2v) is 4.59. The molecule has 0 radical (unpaired) electrons. The molecule has 7 heteroatoms. The van der Waals surface area contributed by atoms with Crippen LogP contribution in [0.2, 0.25) is 5.02 Å². The van der Waals surface area contributed by atoms with E-state index in [4.69, 9.17) is 16.7 Å². The summed E-state index contributed by atoms with van der Waals surface area (Å²) >= 11 is 6.03. The fourth-order valence-electron chi connectivity index (χ4n) is 1.75. The van der Waals surface area contributed by atoms with Crippen LogP contribution in [0, 0.1) is 0 Å². The molecule has 0 bridgehead atoms. The van der Waals surface area contributed by atoms with Gasteiger partial charge >= 0.3 is 5.97 Å². The van der Waals surface area contributed by atoms with Gasteiger partial charge in [-0.3, -0.25) is 4.79 Å². The molecule has 1 amide bonds. The average molecular weight is 294 g/mol. The Labute approximate surface area is 120 Å². The van der Waals surface area contributed by atoms with E-state index in [0.29, 0.717) is 5.02 Å². The quantitative estimate of drug-likeness (QED) is 0.903. The van der Waals surface area contributed by atoms with Gasteiger partial charge in [-0.1, -0.05) is 29.8 Å². The molecule has 0 aliphatic rings. The molecule has 2 aromatic rings. The number of benzene rings is 1. The van der Waals surface area contributed by atoms with Crippen LogP contribution in [-0.4, -0.2) is 38.9 Å². The van der Waals surface area contributed by atoms with E-state index in [1.54, 1.807) is 25.2 Å². The van der Waals surface area contributed by atoms with Crippen LogP contribution >= 0.6 is 11.6 Å². The van der Waals surface area contributed by atoms with E-state index < -0.39 is 11.9 Å². The molecule has 0 atom stereocenters. The normalized spacial score (nSPS) is 10.3. The van der Waals surface area contributed by atoms with E-state index in [1.807, 2.05) is 6.07 Å². The van der Waals surface area contributed by atoms with Crippen molar-refractivity contribution >= 4 is 23.5 Å². The molecule has 1 aromatic carbocycles. The van der Waals surface area contributed by atoms with Crippen LogP contribution < -0.4 is 0 Å². The molecule has 0 saturated carbocycles. The summed E-state index contributed by atoms with van der Waals surface area (Å²) in [5, 5.41) is 9.50. The first-order chi connectivity index (χ1) is 9.50. The number of aromatic amines is 1. The molecule has 0 aliphatic heterocycles. The fourth-order valence-corrected chi connectivity index (χ4v) is 1.95. The third kappa shape index (κ3) is 2.80. The number of nitrogens with one attached hydrogen (secondary N) is 1. The van der Waals surface area contributed by atoms with Gasteiger partial charge in [0.15, 0.2) is 11.4 Å². The molecule has 0 spiro atoms. The van der Waals surface area contributed by atoms with Gasteiger partial charge in [-0.15, -0.1) is 0 Å². The maximum Gasteiger partial charge on any atom is 0.354 e. The highest BCUT2D eigenvalue weighted by atomic mass is 35.5. The van der Waals surface area contributed by atoms with Crippen LogP contribution in [0.5, 0.6) is 0 Å². The molecule has 1 heterocycles. The Kier molecular flexibility index (Phi) is 4.05. The topological polar surface area (TPSA) is 86.3 Å². The van der Waals surface area contributed by atoms with Crippen molar-refractivity contribution in [2.24, 2.45) is 0 Å². The van der Waals surface area contributed by atoms with Crippen molar-refractivity contribution < 1.29 is 14.7 Å². The first kappa shape index (κ1) is 14.1. The smallest absolute Gasteiger partial charge is 0.354 e. The fraction of sp³-hybridized carbons (Fsp3) is 0.154. The number of carbonyl (C=O) groups is 2. The lowest BCUT2D eigenvalue weighted by molar-refractivity contribution is 0.0674. The van der Waals surface area contributed by atoms with Gasteiger partial charge in [0, 0.05) is 18.6 Å². The highest BCUT2D eigenvalue weighted by Crippen LogP contribution is 2.17. The zero-order valence-electron chi connectivity index (χ0n) is 10.6. The predicted molar refractivity (Wildman–Crippen MR) is 72.8 cm³/mol. The summed E-state index contributed by atoms with van der Waals surface area (Å²) in [6, 6.07) is 7.14. The number of carboxylic acid groups (broad SMARTS) is 1. The molecule has 2 rings (SSSR count). The summed E-state index contributed by atoms with van der Waals surface area (Å²) in [4.78, 5) is 30.7. The van der Waals surface area contributed by atoms with Crippen molar-refractivity contribution in [3.8, 4) is 0 Å². The van der Waals surface area contributed by atoms with Gasteiger partial charge in [-0.25, -0.2) is 9.78 Å². The monoisotopic (exact) mass is 293 g/mol. The lowest BCUT2D eigenvalue weighted by atomic mass is 10.2. The van der Waals surface area contributed by atoms with Crippen molar-refractivity contribution in [3.63, 3.8) is 0 Å². The van der Waals surface area contributed by atoms with Crippen molar-refractivity contribution in [1.29, 1.82) is 0 Å². The Morgan fingerprint density at radius 3 is 2.75 bits per heavy atom. The minimum atomic E-state index is -1.23. The van der Waals surface area contributed by atoms with Crippen molar-refractivity contribution in [2.45, 2.75) is 6.54 Å². The number of amides is 1. The number of hydrogen-bond donors (Lipinski definition) is 2. The molecule has 0 saturated heterocycles. The number of aromatic carboxylic acids is 1. The zero-order valence-corrected chi connectivity index (χ0v) is 11.4. The molecular formula is C13H12ClN3O3. The van der Waals surface area contributed by atoms with Crippen LogP contribution in [0.15, 0.2) is 30.6 Å². The summed E-state index contributed by atoms with van der Waals surface area (Å²) in [5.74, 6) is -1.71. The van der Waals surface area contributed by atoms with E-state index >= 15 is 0 Å². The van der Waals surface area contributed by atoms with Gasteiger partial charge in [0.2, 0.25) is 0 Å². The maximum absolute atomic E-state index is 12.2. The van der Waals surface area contributed by atoms with Crippen LogP contribution in [0.3, 0.4) is 0 Å². The molecule has 0 fully saturated rings. The van der Waals surface area contributed by atoms with Gasteiger partial charge in [0.25, 0.3) is 5.91 Å². The molecule has 6 nitrogen and oxygen atoms in total. The molecule has 0 unspecified atom stereocenters. The van der Waals surface area contributed by atoms with Crippen molar-refractivity contribution in [3.05, 3.63) is 52.6 Å². The Bertz CT molecular complexity index is 654. The van der Waals surface area contributed by atoms with Gasteiger partial charge in [-0.05, 0) is 11.6 Å². The number of aromatic nitrogens is 2. The average Bonchev–Trinajstić information content (AvgIpc) is 2.89. The van der Waals surface area contributed by atoms with Crippen LogP contribution in [0.1, 0.15) is 26.5 Å². The standard InChI is InChI=1S/C13H12ClN3O3/c1-17(6-8-4-2-3-5-9(8)14)12(18)10-11(13(19)20)16-7-15-10/h2-5,7H,6H2,1H3,(H,15,16)(H,19,20). The number of halogens is 1. The van der Waals surface area contributed by atoms with Crippen LogP contribution in [0.4, 0.5) is 0 Å². The number of hydrogen-bond acceptors (Lipinski definition) is 3. The highest BCUT2D eigenvalue weighted by Gasteiger charge is 2.22. The Morgan fingerprint density at radius 2 is 2.10 bits per heavy atom. The molecular weight excluding hydrogens is 282 g/mol. The molecule has 104 valence electrons. The van der Waals surface area contributed by atoms with Crippen molar-refractivity contribution in [1.82, 2.24) is 14.9 Å². The summed E-state index contributed by atoms with van der Waals surface area (Å²) in [6.45, 7) is 0.268. The van der Waals surface area contributed by atoms with Crippen molar-refractivity contribution in [2.75, 3.05) is 7.05 Å². The summed E-state index contributed by atoms with van der Waals surface area (Å²) in [5.41, 5.74) is 0.436. The number of carbonyl (C=O) groups excluding carboxylic acids is 1. The van der Waals surface area contributed by atoms with Crippen LogP contribution in [-0.2, 0) is 6.54 Å². The first-order valence-corrected chi connectivity index (χ1v) is 6.14. The number of nitrogens with zero attached hydrogens (tertiary/aromatic N) is 2. The van der Waals surface area contributed by atoms with E-state index in [1.165, 1.54) is 11.2 Å². The number of carboxylic acids is 1. The third-order valence-electron chi connectivity index (χ3n) is 2.77. The molecule has 0 aliphatic carbocycles. The zero-order chi connectivity index (χ0) is 14.7. The maximum atomic E-state index is 12.2. The summed E-state index contributed by atoms with van der Waals surface area (Å²) in [7, 11) is 1.56. The minimum Gasteiger partial charge on any atom is -0.477 e. The third-order valence-corrected chi connectivity index (χ3v) is 3.14. The minimum absolute atomic E-state index is 0.118. The summed E-state index contributed by atoms with van der Waals surface area (Å²) < 4.78 is 0. The van der Waals surface area contributed by atoms with E-state index in [0.717, 1.165) is 5.56 Å². The van der Waals surface area contributed by atoms with E-state index in [2.05, 4.69) is 9.97 Å². The Hall–Kier alpha value is -2.34. The lowest BCUT2D eigenvalue weighted by Crippen LogP contribution is -2.28. The molecule has 20 heavy (non-hydrogen) atoms. The second-order valence-electron chi connectivity index (χ2n) is 4.18. The van der Waals surface area contributed by atoms with Crippen LogP contribution in [0.25, 0.3) is 0 Å². The largest absolute Gasteiger partial charge is 0.477 e. The number of H-pyrrole nitrogens is 1. The summed E-state index contributed by atoms with van der Waals surface area (Å²) in [6.07, 6.45) is 1.18. The number of imidazole rings is 1. The highest BCUT2D eigenvalue weighted by molar-refractivity contribution is 6.31. The SMILES string of the molecule is CN(Cc1ccccc1Cl)C(=O)c1nc[nH]c1C(=O)O. The first-order valence-electron chi connectivity index (χ1n) is 5.76. The predicted octanol–water partition coefficient (Wildman–Crippen LogP) is 2.03. The lowest BCUT2D eigenvalue weighted by Gasteiger charge is -2.17. The molecule has 1 aromatic heterocycles. The Balaban J connectivity index is 2.19. The van der Waals surface area contributed by atoms with Gasteiger partial charge < -0.3 is 15.0 Å². The van der Waals surface area contributed by atoms with Gasteiger partial charge in [0.1, 0.15) is 0 Å².